The van der Waals surface area contributed by atoms with Crippen LogP contribution >= 0.6 is 0 Å². The van der Waals surface area contributed by atoms with Crippen molar-refractivity contribution in [1.29, 1.82) is 0 Å². The fourth-order valence-corrected chi connectivity index (χ4v) is 1.62. The van der Waals surface area contributed by atoms with E-state index in [0.717, 1.165) is 11.1 Å². The van der Waals surface area contributed by atoms with Gasteiger partial charge in [-0.25, -0.2) is 0 Å². The number of benzene rings is 2. The Morgan fingerprint density at radius 3 is 2.38 bits per heavy atom. The Hall–Kier alpha value is -2.09. The van der Waals surface area contributed by atoms with Crippen molar-refractivity contribution in [3.63, 3.8) is 0 Å². The van der Waals surface area contributed by atoms with E-state index in [1.54, 1.807) is 18.2 Å². The molecule has 0 atom stereocenters. The van der Waals surface area contributed by atoms with Gasteiger partial charge in [-0.2, -0.15) is 0 Å². The molecule has 2 aromatic carbocycles. The summed E-state index contributed by atoms with van der Waals surface area (Å²) in [6, 6.07) is 13.0. The van der Waals surface area contributed by atoms with Crippen molar-refractivity contribution in [1.82, 2.24) is 0 Å². The average molecular weight is 212 g/mol. The van der Waals surface area contributed by atoms with Crippen molar-refractivity contribution in [3.05, 3.63) is 53.6 Å². The normalized spacial score (nSPS) is 10.1. The van der Waals surface area contributed by atoms with Crippen LogP contribution in [0.2, 0.25) is 0 Å². The van der Waals surface area contributed by atoms with Crippen LogP contribution in [-0.4, -0.2) is 11.4 Å². The third-order valence-electron chi connectivity index (χ3n) is 2.56. The van der Waals surface area contributed by atoms with Gasteiger partial charge in [-0.15, -0.1) is 0 Å². The molecular weight excluding hydrogens is 200 g/mol. The first-order valence-corrected chi connectivity index (χ1v) is 5.06. The number of hydrogen-bond acceptors (Lipinski definition) is 2. The number of rotatable bonds is 2. The van der Waals surface area contributed by atoms with Gasteiger partial charge < -0.3 is 5.11 Å². The lowest BCUT2D eigenvalue weighted by molar-refractivity contribution is 0.112. The van der Waals surface area contributed by atoms with E-state index in [4.69, 9.17) is 0 Å². The van der Waals surface area contributed by atoms with Crippen LogP contribution in [0.4, 0.5) is 0 Å². The van der Waals surface area contributed by atoms with E-state index in [0.29, 0.717) is 17.4 Å². The average Bonchev–Trinajstić information content (AvgIpc) is 2.31. The molecule has 0 saturated heterocycles. The highest BCUT2D eigenvalue weighted by molar-refractivity contribution is 5.85. The van der Waals surface area contributed by atoms with Crippen molar-refractivity contribution < 1.29 is 9.90 Å². The summed E-state index contributed by atoms with van der Waals surface area (Å²) in [5, 5.41) is 9.88. The lowest BCUT2D eigenvalue weighted by Crippen LogP contribution is -1.85. The first kappa shape index (κ1) is 10.4. The molecule has 0 bridgehead atoms. The van der Waals surface area contributed by atoms with E-state index in [2.05, 4.69) is 0 Å². The highest BCUT2D eigenvalue weighted by atomic mass is 16.3. The minimum absolute atomic E-state index is 0.0429. The number of phenolic OH excluding ortho intramolecular Hbond substituents is 1. The highest BCUT2D eigenvalue weighted by Gasteiger charge is 2.07. The molecule has 2 heteroatoms. The number of aldehydes is 1. The molecule has 80 valence electrons. The quantitative estimate of drug-likeness (QED) is 0.776. The molecular formula is C14H12O2. The van der Waals surface area contributed by atoms with Crippen LogP contribution in [0.5, 0.6) is 5.75 Å². The minimum atomic E-state index is 0.0429. The van der Waals surface area contributed by atoms with Crippen molar-refractivity contribution >= 4 is 6.29 Å². The van der Waals surface area contributed by atoms with Gasteiger partial charge in [0.05, 0.1) is 5.56 Å². The van der Waals surface area contributed by atoms with E-state index in [1.165, 1.54) is 0 Å². The molecule has 0 amide bonds. The summed E-state index contributed by atoms with van der Waals surface area (Å²) in [5.74, 6) is 0.0429. The Morgan fingerprint density at radius 1 is 1.06 bits per heavy atom. The Labute approximate surface area is 94.2 Å². The zero-order chi connectivity index (χ0) is 11.5. The first-order chi connectivity index (χ1) is 7.72. The maximum absolute atomic E-state index is 10.7. The predicted molar refractivity (Wildman–Crippen MR) is 63.7 cm³/mol. The lowest BCUT2D eigenvalue weighted by Gasteiger charge is -2.06. The van der Waals surface area contributed by atoms with Crippen molar-refractivity contribution in [2.45, 2.75) is 6.92 Å². The predicted octanol–water partition coefficient (Wildman–Crippen LogP) is 3.18. The number of hydrogen-bond donors (Lipinski definition) is 1. The van der Waals surface area contributed by atoms with Crippen LogP contribution in [0.3, 0.4) is 0 Å². The second kappa shape index (κ2) is 4.19. The highest BCUT2D eigenvalue weighted by Crippen LogP contribution is 2.31. The van der Waals surface area contributed by atoms with Crippen molar-refractivity contribution in [2.24, 2.45) is 0 Å². The summed E-state index contributed by atoms with van der Waals surface area (Å²) >= 11 is 0. The number of aromatic hydroxyl groups is 1. The monoisotopic (exact) mass is 212 g/mol. The Kier molecular flexibility index (Phi) is 2.73. The van der Waals surface area contributed by atoms with Crippen LogP contribution in [0.25, 0.3) is 11.1 Å². The molecule has 2 aromatic rings. The summed E-state index contributed by atoms with van der Waals surface area (Å²) < 4.78 is 0. The molecule has 0 saturated carbocycles. The number of carbonyl (C=O) groups is 1. The third-order valence-corrected chi connectivity index (χ3v) is 2.56. The van der Waals surface area contributed by atoms with E-state index >= 15 is 0 Å². The summed E-state index contributed by atoms with van der Waals surface area (Å²) in [7, 11) is 0. The van der Waals surface area contributed by atoms with Gasteiger partial charge >= 0.3 is 0 Å². The summed E-state index contributed by atoms with van der Waals surface area (Å²) in [4.78, 5) is 10.7. The van der Waals surface area contributed by atoms with Gasteiger partial charge in [0.25, 0.3) is 0 Å². The van der Waals surface area contributed by atoms with Gasteiger partial charge in [-0.1, -0.05) is 42.0 Å². The second-order valence-electron chi connectivity index (χ2n) is 3.73. The van der Waals surface area contributed by atoms with Crippen molar-refractivity contribution in [3.8, 4) is 16.9 Å². The SMILES string of the molecule is Cc1ccc(-c2cccc(C=O)c2O)cc1. The van der Waals surface area contributed by atoms with E-state index in [-0.39, 0.29) is 5.75 Å². The van der Waals surface area contributed by atoms with Crippen molar-refractivity contribution in [2.75, 3.05) is 0 Å². The Bertz CT molecular complexity index is 513. The molecule has 0 aliphatic heterocycles. The molecule has 0 heterocycles. The molecule has 0 spiro atoms. The van der Waals surface area contributed by atoms with Gasteiger partial charge in [0.1, 0.15) is 5.75 Å². The maximum atomic E-state index is 10.7. The molecule has 2 nitrogen and oxygen atoms in total. The minimum Gasteiger partial charge on any atom is -0.507 e. The smallest absolute Gasteiger partial charge is 0.153 e. The van der Waals surface area contributed by atoms with Crippen LogP contribution in [0.15, 0.2) is 42.5 Å². The molecule has 0 aliphatic rings. The molecule has 1 N–H and O–H groups in total. The molecule has 16 heavy (non-hydrogen) atoms. The summed E-state index contributed by atoms with van der Waals surface area (Å²) in [6.07, 6.45) is 0.660. The second-order valence-corrected chi connectivity index (χ2v) is 3.73. The van der Waals surface area contributed by atoms with Crippen LogP contribution in [0, 0.1) is 6.92 Å². The Balaban J connectivity index is 2.56. The fraction of sp³-hybridized carbons (Fsp3) is 0.0714. The van der Waals surface area contributed by atoms with E-state index in [1.807, 2.05) is 31.2 Å². The molecule has 0 fully saturated rings. The zero-order valence-electron chi connectivity index (χ0n) is 8.97. The van der Waals surface area contributed by atoms with Gasteiger partial charge in [-0.05, 0) is 18.6 Å². The molecule has 2 rings (SSSR count). The van der Waals surface area contributed by atoms with Crippen LogP contribution < -0.4 is 0 Å². The topological polar surface area (TPSA) is 37.3 Å². The number of carbonyl (C=O) groups excluding carboxylic acids is 1. The maximum Gasteiger partial charge on any atom is 0.153 e. The van der Waals surface area contributed by atoms with Gasteiger partial charge in [-0.3, -0.25) is 4.79 Å². The van der Waals surface area contributed by atoms with Gasteiger partial charge in [0.15, 0.2) is 6.29 Å². The fourth-order valence-electron chi connectivity index (χ4n) is 1.62. The number of aryl methyl sites for hydroxylation is 1. The standard InChI is InChI=1S/C14H12O2/c1-10-5-7-11(8-6-10)13-4-2-3-12(9-15)14(13)16/h2-9,16H,1H3. The number of phenols is 1. The summed E-state index contributed by atoms with van der Waals surface area (Å²) in [6.45, 7) is 2.01. The third kappa shape index (κ3) is 1.82. The summed E-state index contributed by atoms with van der Waals surface area (Å²) in [5.41, 5.74) is 3.07. The molecule has 0 aromatic heterocycles. The first-order valence-electron chi connectivity index (χ1n) is 5.06. The van der Waals surface area contributed by atoms with Gasteiger partial charge in [0, 0.05) is 5.56 Å². The van der Waals surface area contributed by atoms with Gasteiger partial charge in [0.2, 0.25) is 0 Å². The largest absolute Gasteiger partial charge is 0.507 e. The lowest BCUT2D eigenvalue weighted by atomic mass is 10.0. The Morgan fingerprint density at radius 2 is 1.75 bits per heavy atom. The van der Waals surface area contributed by atoms with E-state index < -0.39 is 0 Å². The van der Waals surface area contributed by atoms with E-state index in [9.17, 15) is 9.90 Å². The molecule has 0 unspecified atom stereocenters. The molecule has 0 radical (unpaired) electrons. The number of para-hydroxylation sites is 1. The zero-order valence-corrected chi connectivity index (χ0v) is 8.97. The van der Waals surface area contributed by atoms with Crippen LogP contribution in [0.1, 0.15) is 15.9 Å². The van der Waals surface area contributed by atoms with Crippen LogP contribution in [-0.2, 0) is 0 Å². The molecule has 0 aliphatic carbocycles.